The summed E-state index contributed by atoms with van der Waals surface area (Å²) in [6.45, 7) is 0. The van der Waals surface area contributed by atoms with Gasteiger partial charge in [-0.05, 0) is 24.3 Å². The normalized spacial score (nSPS) is 10.7. The zero-order valence-corrected chi connectivity index (χ0v) is 7.81. The lowest BCUT2D eigenvalue weighted by Gasteiger charge is -1.93. The first-order valence-electron chi connectivity index (χ1n) is 4.36. The molecule has 76 valence electrons. The maximum absolute atomic E-state index is 11.3. The average Bonchev–Trinajstić information content (AvgIpc) is 2.90. The fourth-order valence-electron chi connectivity index (χ4n) is 1.05. The summed E-state index contributed by atoms with van der Waals surface area (Å²) in [6.07, 6.45) is 4.72. The smallest absolute Gasteiger partial charge is 0.307 e. The van der Waals surface area contributed by atoms with Crippen LogP contribution in [0.3, 0.4) is 0 Å². The molecular weight excluding hydrogens is 194 g/mol. The number of H-pyrrole nitrogens is 1. The number of hydrogen-bond acceptors (Lipinski definition) is 3. The molecule has 2 aromatic rings. The summed E-state index contributed by atoms with van der Waals surface area (Å²) in [5, 5.41) is 3.75. The first kappa shape index (κ1) is 9.26. The fourth-order valence-corrected chi connectivity index (χ4v) is 1.05. The van der Waals surface area contributed by atoms with Crippen LogP contribution in [-0.2, 0) is 0 Å². The van der Waals surface area contributed by atoms with Gasteiger partial charge in [-0.25, -0.2) is 5.43 Å². The summed E-state index contributed by atoms with van der Waals surface area (Å²) in [6, 6.07) is 6.89. The van der Waals surface area contributed by atoms with Crippen molar-refractivity contribution in [2.24, 2.45) is 5.10 Å². The maximum Gasteiger partial charge on any atom is 0.307 e. The van der Waals surface area contributed by atoms with Gasteiger partial charge in [-0.15, -0.1) is 0 Å². The summed E-state index contributed by atoms with van der Waals surface area (Å²) >= 11 is 0. The Morgan fingerprint density at radius 1 is 1.47 bits per heavy atom. The molecule has 0 fully saturated rings. The third kappa shape index (κ3) is 2.34. The second-order valence-corrected chi connectivity index (χ2v) is 2.80. The average molecular weight is 203 g/mol. The molecule has 0 spiro atoms. The second kappa shape index (κ2) is 4.28. The maximum atomic E-state index is 11.3. The van der Waals surface area contributed by atoms with Crippen molar-refractivity contribution in [2.75, 3.05) is 0 Å². The first-order chi connectivity index (χ1) is 7.36. The number of hydrazone groups is 1. The van der Waals surface area contributed by atoms with Gasteiger partial charge < -0.3 is 9.40 Å². The number of aromatic nitrogens is 1. The number of nitrogens with zero attached hydrogens (tertiary/aromatic N) is 1. The lowest BCUT2D eigenvalue weighted by molar-refractivity contribution is 0.0927. The van der Waals surface area contributed by atoms with Crippen LogP contribution in [0.5, 0.6) is 0 Å². The summed E-state index contributed by atoms with van der Waals surface area (Å²) in [5.41, 5.74) is 3.15. The predicted octanol–water partition coefficient (Wildman–Crippen LogP) is 1.37. The number of hydrogen-bond donors (Lipinski definition) is 2. The molecular formula is C10H9N3O2. The molecule has 0 radical (unpaired) electrons. The minimum absolute atomic E-state index is 0.235. The van der Waals surface area contributed by atoms with E-state index in [1.54, 1.807) is 18.3 Å². The van der Waals surface area contributed by atoms with E-state index in [0.29, 0.717) is 0 Å². The standard InChI is InChI=1S/C10H9N3O2/c14-10(9-4-2-6-15-9)13-12-7-8-3-1-5-11-8/h1-7,11H,(H,13,14)/b12-7-. The Bertz CT molecular complexity index is 443. The molecule has 0 aliphatic carbocycles. The molecule has 2 heterocycles. The molecule has 1 amide bonds. The van der Waals surface area contributed by atoms with Gasteiger partial charge in [-0.2, -0.15) is 5.10 Å². The molecule has 0 aliphatic rings. The highest BCUT2D eigenvalue weighted by atomic mass is 16.3. The van der Waals surface area contributed by atoms with Gasteiger partial charge in [-0.1, -0.05) is 0 Å². The van der Waals surface area contributed by atoms with Crippen molar-refractivity contribution >= 4 is 12.1 Å². The van der Waals surface area contributed by atoms with E-state index in [2.05, 4.69) is 15.5 Å². The Kier molecular flexibility index (Phi) is 2.64. The molecule has 15 heavy (non-hydrogen) atoms. The van der Waals surface area contributed by atoms with E-state index in [1.807, 2.05) is 12.1 Å². The van der Waals surface area contributed by atoms with Crippen molar-refractivity contribution in [3.05, 3.63) is 48.2 Å². The molecule has 0 aromatic carbocycles. The van der Waals surface area contributed by atoms with Gasteiger partial charge in [0.05, 0.1) is 18.2 Å². The van der Waals surface area contributed by atoms with Gasteiger partial charge in [0.25, 0.3) is 0 Å². The molecule has 0 bridgehead atoms. The fraction of sp³-hybridized carbons (Fsp3) is 0. The molecule has 2 rings (SSSR count). The highest BCUT2D eigenvalue weighted by Gasteiger charge is 2.05. The SMILES string of the molecule is O=C(N/N=C\c1ccc[nH]1)c1ccco1. The number of aromatic amines is 1. The van der Waals surface area contributed by atoms with Crippen molar-refractivity contribution in [2.45, 2.75) is 0 Å². The number of furan rings is 1. The number of nitrogens with one attached hydrogen (secondary N) is 2. The molecule has 0 unspecified atom stereocenters. The monoisotopic (exact) mass is 203 g/mol. The van der Waals surface area contributed by atoms with Gasteiger partial charge >= 0.3 is 5.91 Å². The number of carbonyl (C=O) groups excluding carboxylic acids is 1. The van der Waals surface area contributed by atoms with E-state index < -0.39 is 0 Å². The van der Waals surface area contributed by atoms with E-state index in [4.69, 9.17) is 4.42 Å². The topological polar surface area (TPSA) is 70.4 Å². The third-order valence-corrected chi connectivity index (χ3v) is 1.74. The van der Waals surface area contributed by atoms with Crippen molar-refractivity contribution < 1.29 is 9.21 Å². The first-order valence-corrected chi connectivity index (χ1v) is 4.36. The van der Waals surface area contributed by atoms with Crippen LogP contribution in [0.15, 0.2) is 46.2 Å². The Morgan fingerprint density at radius 2 is 2.40 bits per heavy atom. The Hall–Kier alpha value is -2.30. The van der Waals surface area contributed by atoms with Crippen LogP contribution < -0.4 is 5.43 Å². The Labute approximate surface area is 85.8 Å². The van der Waals surface area contributed by atoms with Crippen molar-refractivity contribution in [3.63, 3.8) is 0 Å². The molecule has 0 saturated carbocycles. The van der Waals surface area contributed by atoms with Crippen molar-refractivity contribution in [3.8, 4) is 0 Å². The summed E-state index contributed by atoms with van der Waals surface area (Å²) < 4.78 is 4.89. The third-order valence-electron chi connectivity index (χ3n) is 1.74. The van der Waals surface area contributed by atoms with Gasteiger partial charge in [0, 0.05) is 6.20 Å². The van der Waals surface area contributed by atoms with E-state index in [9.17, 15) is 4.79 Å². The van der Waals surface area contributed by atoms with Gasteiger partial charge in [0.15, 0.2) is 5.76 Å². The minimum Gasteiger partial charge on any atom is -0.459 e. The van der Waals surface area contributed by atoms with Crippen LogP contribution in [-0.4, -0.2) is 17.1 Å². The van der Waals surface area contributed by atoms with Crippen molar-refractivity contribution in [1.82, 2.24) is 10.4 Å². The van der Waals surface area contributed by atoms with Crippen LogP contribution >= 0.6 is 0 Å². The van der Waals surface area contributed by atoms with Crippen LogP contribution in [0.2, 0.25) is 0 Å². The molecule has 5 heteroatoms. The predicted molar refractivity (Wildman–Crippen MR) is 54.6 cm³/mol. The molecule has 0 atom stereocenters. The van der Waals surface area contributed by atoms with Gasteiger partial charge in [0.2, 0.25) is 0 Å². The highest BCUT2D eigenvalue weighted by Crippen LogP contribution is 1.98. The summed E-state index contributed by atoms with van der Waals surface area (Å²) in [7, 11) is 0. The number of carbonyl (C=O) groups is 1. The van der Waals surface area contributed by atoms with Crippen LogP contribution in [0.1, 0.15) is 16.2 Å². The summed E-state index contributed by atoms with van der Waals surface area (Å²) in [4.78, 5) is 14.2. The zero-order chi connectivity index (χ0) is 10.5. The van der Waals surface area contributed by atoms with Crippen molar-refractivity contribution in [1.29, 1.82) is 0 Å². The molecule has 5 nitrogen and oxygen atoms in total. The van der Waals surface area contributed by atoms with E-state index in [-0.39, 0.29) is 11.7 Å². The van der Waals surface area contributed by atoms with Gasteiger partial charge in [-0.3, -0.25) is 4.79 Å². The number of amides is 1. The zero-order valence-electron chi connectivity index (χ0n) is 7.81. The minimum atomic E-state index is -0.372. The Morgan fingerprint density at radius 3 is 3.07 bits per heavy atom. The Balaban J connectivity index is 1.91. The van der Waals surface area contributed by atoms with Crippen LogP contribution in [0.25, 0.3) is 0 Å². The molecule has 0 aliphatic heterocycles. The highest BCUT2D eigenvalue weighted by molar-refractivity contribution is 5.92. The number of rotatable bonds is 3. The second-order valence-electron chi connectivity index (χ2n) is 2.80. The van der Waals surface area contributed by atoms with Crippen LogP contribution in [0.4, 0.5) is 0 Å². The largest absolute Gasteiger partial charge is 0.459 e. The quantitative estimate of drug-likeness (QED) is 0.584. The summed E-state index contributed by atoms with van der Waals surface area (Å²) in [5.74, 6) is -0.138. The molecule has 2 aromatic heterocycles. The van der Waals surface area contributed by atoms with E-state index in [1.165, 1.54) is 12.5 Å². The molecule has 2 N–H and O–H groups in total. The van der Waals surface area contributed by atoms with Crippen LogP contribution in [0, 0.1) is 0 Å². The lowest BCUT2D eigenvalue weighted by Crippen LogP contribution is -2.16. The van der Waals surface area contributed by atoms with Gasteiger partial charge in [0.1, 0.15) is 0 Å². The van der Waals surface area contributed by atoms with E-state index >= 15 is 0 Å². The molecule has 0 saturated heterocycles. The van der Waals surface area contributed by atoms with E-state index in [0.717, 1.165) is 5.69 Å². The lowest BCUT2D eigenvalue weighted by atomic mass is 10.4.